The Morgan fingerprint density at radius 1 is 1.24 bits per heavy atom. The molecular weight excluding hydrogens is 504 g/mol. The average Bonchev–Trinajstić information content (AvgIpc) is 3.06. The molecule has 0 spiro atoms. The van der Waals surface area contributed by atoms with E-state index in [1.54, 1.807) is 0 Å². The highest BCUT2D eigenvalue weighted by molar-refractivity contribution is 7.59. The Bertz CT molecular complexity index is 1080. The van der Waals surface area contributed by atoms with Gasteiger partial charge in [-0.1, -0.05) is 0 Å². The van der Waals surface area contributed by atoms with Crippen molar-refractivity contribution in [1.82, 2.24) is 9.55 Å². The van der Waals surface area contributed by atoms with Crippen molar-refractivity contribution in [3.8, 4) is 0 Å². The molecule has 3 heterocycles. The third kappa shape index (κ3) is 6.69. The van der Waals surface area contributed by atoms with Crippen LogP contribution in [0.4, 0.5) is 0 Å². The minimum absolute atomic E-state index is 0.137. The number of quaternary nitrogens is 1. The number of hydrogen-bond acceptors (Lipinski definition) is 13. The standard InChI is InChI=1S/C16H27N3O13P2/c1-7-5-19(16(23)18-15(7)22)12-4-10(20)11(30-12)6-28-33(24,25)32-34(26,27)31-13-3-9(17)14(21)8(2)29-13/h5,8-14,20-21H,3-4,6,17H2,1-2H3,(H,24,25)(H,26,27)(H,18,22,23)/p-1/t8-,9+,10-,11+,12+,13+,14-/m0/s1. The molecule has 16 nitrogen and oxygen atoms in total. The van der Waals surface area contributed by atoms with Crippen LogP contribution in [0.2, 0.25) is 0 Å². The number of H-pyrrole nitrogens is 1. The molecule has 0 aromatic carbocycles. The largest absolute Gasteiger partial charge is 0.756 e. The highest BCUT2D eigenvalue weighted by Gasteiger charge is 2.39. The van der Waals surface area contributed by atoms with Gasteiger partial charge in [0, 0.05) is 18.2 Å². The van der Waals surface area contributed by atoms with Gasteiger partial charge >= 0.3 is 5.69 Å². The lowest BCUT2D eigenvalue weighted by Gasteiger charge is -2.38. The molecule has 18 heteroatoms. The van der Waals surface area contributed by atoms with Gasteiger partial charge in [0.05, 0.1) is 25.2 Å². The van der Waals surface area contributed by atoms with Crippen LogP contribution in [0.5, 0.6) is 0 Å². The van der Waals surface area contributed by atoms with Crippen molar-refractivity contribution in [3.05, 3.63) is 32.6 Å². The van der Waals surface area contributed by atoms with Crippen molar-refractivity contribution >= 4 is 15.6 Å². The summed E-state index contributed by atoms with van der Waals surface area (Å²) in [5.41, 5.74) is 2.46. The van der Waals surface area contributed by atoms with Gasteiger partial charge in [-0.15, -0.1) is 0 Å². The first-order chi connectivity index (χ1) is 15.7. The van der Waals surface area contributed by atoms with E-state index in [4.69, 9.17) is 9.47 Å². The lowest BCUT2D eigenvalue weighted by atomic mass is 10.0. The van der Waals surface area contributed by atoms with Gasteiger partial charge in [0.25, 0.3) is 21.2 Å². The molecule has 1 aromatic heterocycles. The molecule has 194 valence electrons. The summed E-state index contributed by atoms with van der Waals surface area (Å²) in [6.07, 6.45) is -5.84. The number of aliphatic hydroxyl groups is 2. The lowest BCUT2D eigenvalue weighted by molar-refractivity contribution is -0.463. The van der Waals surface area contributed by atoms with Gasteiger partial charge in [0.15, 0.2) is 6.29 Å². The SMILES string of the molecule is Cc1cn([C@H]2C[C@H](O)[C@@H](COP(=O)([O-])OP(=O)([O-])O[C@@H]3C[C@@H]([NH3+])[C@@H](O)[C@H](C)O3)O2)c(=O)[nH]c1=O. The highest BCUT2D eigenvalue weighted by Crippen LogP contribution is 2.56. The molecule has 0 saturated carbocycles. The summed E-state index contributed by atoms with van der Waals surface area (Å²) in [4.78, 5) is 49.6. The second-order valence-electron chi connectivity index (χ2n) is 8.05. The van der Waals surface area contributed by atoms with Gasteiger partial charge in [0.2, 0.25) is 0 Å². The molecule has 1 aromatic rings. The number of rotatable bonds is 8. The molecule has 0 bridgehead atoms. The van der Waals surface area contributed by atoms with Crippen LogP contribution in [0, 0.1) is 6.92 Å². The van der Waals surface area contributed by atoms with Crippen molar-refractivity contribution in [1.29, 1.82) is 0 Å². The Labute approximate surface area is 192 Å². The van der Waals surface area contributed by atoms with Crippen LogP contribution >= 0.6 is 15.6 Å². The van der Waals surface area contributed by atoms with Crippen molar-refractivity contribution in [2.45, 2.75) is 69.7 Å². The van der Waals surface area contributed by atoms with Crippen LogP contribution in [0.15, 0.2) is 15.8 Å². The van der Waals surface area contributed by atoms with Gasteiger partial charge in [0.1, 0.15) is 24.5 Å². The minimum Gasteiger partial charge on any atom is -0.756 e. The molecule has 2 fully saturated rings. The fourth-order valence-electron chi connectivity index (χ4n) is 3.52. The highest BCUT2D eigenvalue weighted by atomic mass is 31.3. The quantitative estimate of drug-likeness (QED) is 0.239. The summed E-state index contributed by atoms with van der Waals surface area (Å²) in [6.45, 7) is 2.08. The number of aryl methyl sites for hydroxylation is 1. The zero-order chi connectivity index (χ0) is 25.4. The predicted octanol–water partition coefficient (Wildman–Crippen LogP) is -3.41. The van der Waals surface area contributed by atoms with Crippen LogP contribution in [0.3, 0.4) is 0 Å². The van der Waals surface area contributed by atoms with Crippen LogP contribution < -0.4 is 26.8 Å². The van der Waals surface area contributed by atoms with E-state index in [1.807, 2.05) is 0 Å². The molecule has 9 atom stereocenters. The molecule has 2 aliphatic heterocycles. The smallest absolute Gasteiger partial charge is 0.330 e. The molecule has 0 radical (unpaired) electrons. The summed E-state index contributed by atoms with van der Waals surface area (Å²) in [5, 5.41) is 19.9. The maximum atomic E-state index is 12.0. The van der Waals surface area contributed by atoms with E-state index in [2.05, 4.69) is 24.1 Å². The number of phosphoric acid groups is 2. The molecular formula is C16H26N3O13P2-. The first kappa shape index (κ1) is 27.3. The maximum absolute atomic E-state index is 12.0. The van der Waals surface area contributed by atoms with Crippen LogP contribution in [0.25, 0.3) is 0 Å². The van der Waals surface area contributed by atoms with Gasteiger partial charge in [-0.25, -0.2) is 9.11 Å². The summed E-state index contributed by atoms with van der Waals surface area (Å²) in [6, 6.07) is -0.628. The van der Waals surface area contributed by atoms with Crippen LogP contribution in [0.1, 0.15) is 31.6 Å². The number of phosphoric ester groups is 2. The third-order valence-electron chi connectivity index (χ3n) is 5.33. The summed E-state index contributed by atoms with van der Waals surface area (Å²) >= 11 is 0. The summed E-state index contributed by atoms with van der Waals surface area (Å²) in [7, 11) is -11.0. The monoisotopic (exact) mass is 530 g/mol. The Kier molecular flexibility index (Phi) is 8.35. The zero-order valence-corrected chi connectivity index (χ0v) is 20.0. The van der Waals surface area contributed by atoms with Crippen LogP contribution in [-0.2, 0) is 32.0 Å². The van der Waals surface area contributed by atoms with Gasteiger partial charge in [-0.2, -0.15) is 0 Å². The topological polar surface area (TPSA) is 249 Å². The fourth-order valence-corrected chi connectivity index (χ4v) is 5.60. The number of ether oxygens (including phenoxy) is 2. The predicted molar refractivity (Wildman–Crippen MR) is 106 cm³/mol. The van der Waals surface area contributed by atoms with E-state index in [-0.39, 0.29) is 18.4 Å². The number of nitrogens with zero attached hydrogens (tertiary/aromatic N) is 1. The van der Waals surface area contributed by atoms with E-state index >= 15 is 0 Å². The minimum atomic E-state index is -5.50. The van der Waals surface area contributed by atoms with E-state index in [1.165, 1.54) is 20.0 Å². The lowest BCUT2D eigenvalue weighted by Crippen LogP contribution is -2.71. The van der Waals surface area contributed by atoms with E-state index in [0.717, 1.165) is 4.57 Å². The number of aliphatic hydroxyl groups excluding tert-OH is 2. The van der Waals surface area contributed by atoms with Crippen LogP contribution in [-0.4, -0.2) is 63.1 Å². The number of aromatic amines is 1. The van der Waals surface area contributed by atoms with Crippen molar-refractivity contribution in [2.75, 3.05) is 6.61 Å². The fraction of sp³-hybridized carbons (Fsp3) is 0.750. The average molecular weight is 530 g/mol. The first-order valence-electron chi connectivity index (χ1n) is 10.2. The summed E-state index contributed by atoms with van der Waals surface area (Å²) < 4.78 is 48.8. The molecule has 2 aliphatic rings. The Morgan fingerprint density at radius 2 is 1.91 bits per heavy atom. The van der Waals surface area contributed by atoms with E-state index in [0.29, 0.717) is 0 Å². The Balaban J connectivity index is 1.56. The molecule has 3 rings (SSSR count). The second-order valence-corrected chi connectivity index (χ2v) is 11.0. The van der Waals surface area contributed by atoms with Crippen molar-refractivity contribution in [3.63, 3.8) is 0 Å². The molecule has 0 amide bonds. The number of nitrogens with one attached hydrogen (secondary N) is 1. The molecule has 2 saturated heterocycles. The Morgan fingerprint density at radius 3 is 2.56 bits per heavy atom. The third-order valence-corrected chi connectivity index (χ3v) is 7.89. The van der Waals surface area contributed by atoms with Gasteiger partial charge < -0.3 is 39.7 Å². The van der Waals surface area contributed by atoms with Crippen molar-refractivity contribution in [2.24, 2.45) is 0 Å². The molecule has 6 N–H and O–H groups in total. The summed E-state index contributed by atoms with van der Waals surface area (Å²) in [5.74, 6) is 0. The number of hydrogen-bond donors (Lipinski definition) is 4. The first-order valence-corrected chi connectivity index (χ1v) is 13.1. The zero-order valence-electron chi connectivity index (χ0n) is 18.2. The number of aromatic nitrogens is 2. The molecule has 2 unspecified atom stereocenters. The van der Waals surface area contributed by atoms with Gasteiger partial charge in [-0.3, -0.25) is 28.0 Å². The maximum Gasteiger partial charge on any atom is 0.330 e. The van der Waals surface area contributed by atoms with Crippen molar-refractivity contribution < 1.29 is 57.7 Å². The van der Waals surface area contributed by atoms with E-state index < -0.39 is 76.5 Å². The Hall–Kier alpha value is -1.26. The van der Waals surface area contributed by atoms with E-state index in [9.17, 15) is 38.7 Å². The molecule has 34 heavy (non-hydrogen) atoms. The normalized spacial score (nSPS) is 35.6. The molecule has 0 aliphatic carbocycles. The van der Waals surface area contributed by atoms with Gasteiger partial charge in [-0.05, 0) is 13.8 Å². The second kappa shape index (κ2) is 10.4.